The van der Waals surface area contributed by atoms with Crippen molar-refractivity contribution in [2.45, 2.75) is 6.42 Å². The maximum Gasteiger partial charge on any atom is 0.251 e. The Morgan fingerprint density at radius 1 is 1.45 bits per heavy atom. The Balaban J connectivity index is 1.94. The average molecular weight is 274 g/mol. The van der Waals surface area contributed by atoms with Crippen LogP contribution in [0.25, 0.3) is 0 Å². The van der Waals surface area contributed by atoms with E-state index in [1.165, 1.54) is 6.33 Å². The fraction of sp³-hybridized carbons (Fsp3) is 0.308. The molecule has 4 N–H and O–H groups in total. The predicted molar refractivity (Wildman–Crippen MR) is 77.6 cm³/mol. The van der Waals surface area contributed by atoms with Crippen molar-refractivity contribution in [1.29, 1.82) is 0 Å². The summed E-state index contributed by atoms with van der Waals surface area (Å²) in [5.74, 6) is 0.592. The van der Waals surface area contributed by atoms with E-state index in [-0.39, 0.29) is 5.91 Å². The minimum Gasteiger partial charge on any atom is -0.397 e. The second kappa shape index (κ2) is 6.05. The molecule has 0 aliphatic carbocycles. The number of benzene rings is 1. The fourth-order valence-corrected chi connectivity index (χ4v) is 1.85. The van der Waals surface area contributed by atoms with Gasteiger partial charge in [0.15, 0.2) is 0 Å². The van der Waals surface area contributed by atoms with Crippen LogP contribution in [0.4, 0.5) is 11.4 Å². The first-order valence-corrected chi connectivity index (χ1v) is 6.27. The summed E-state index contributed by atoms with van der Waals surface area (Å²) in [6.45, 7) is 0.489. The minimum absolute atomic E-state index is 0.151. The molecule has 106 valence electrons. The first-order valence-electron chi connectivity index (χ1n) is 6.27. The highest BCUT2D eigenvalue weighted by molar-refractivity contribution is 5.96. The largest absolute Gasteiger partial charge is 0.397 e. The van der Waals surface area contributed by atoms with Crippen LogP contribution in [0.15, 0.2) is 24.5 Å². The van der Waals surface area contributed by atoms with Crippen molar-refractivity contribution in [2.75, 3.05) is 31.3 Å². The molecule has 0 saturated heterocycles. The second-order valence-corrected chi connectivity index (χ2v) is 4.61. The summed E-state index contributed by atoms with van der Waals surface area (Å²) in [5.41, 5.74) is 7.94. The van der Waals surface area contributed by atoms with Crippen molar-refractivity contribution in [3.63, 3.8) is 0 Å². The first-order chi connectivity index (χ1) is 9.58. The molecular formula is C13H18N6O. The van der Waals surface area contributed by atoms with Crippen molar-refractivity contribution < 1.29 is 4.79 Å². The van der Waals surface area contributed by atoms with E-state index in [9.17, 15) is 4.79 Å². The molecule has 0 saturated carbocycles. The zero-order chi connectivity index (χ0) is 14.5. The quantitative estimate of drug-likeness (QED) is 0.686. The SMILES string of the molecule is CN(C)c1ccc(C(=O)NCCc2ncn[nH]2)cc1N. The second-order valence-electron chi connectivity index (χ2n) is 4.61. The van der Waals surface area contributed by atoms with E-state index in [0.717, 1.165) is 11.5 Å². The number of anilines is 2. The molecule has 2 aromatic rings. The van der Waals surface area contributed by atoms with Gasteiger partial charge in [0.2, 0.25) is 0 Å². The van der Waals surface area contributed by atoms with Crippen molar-refractivity contribution in [2.24, 2.45) is 0 Å². The van der Waals surface area contributed by atoms with Crippen LogP contribution in [0.5, 0.6) is 0 Å². The molecule has 0 aliphatic heterocycles. The number of carbonyl (C=O) groups excluding carboxylic acids is 1. The molecule has 1 aromatic heterocycles. The zero-order valence-electron chi connectivity index (χ0n) is 11.6. The molecule has 1 amide bonds. The third-order valence-corrected chi connectivity index (χ3v) is 2.88. The van der Waals surface area contributed by atoms with Crippen LogP contribution in [0.3, 0.4) is 0 Å². The number of carbonyl (C=O) groups is 1. The lowest BCUT2D eigenvalue weighted by molar-refractivity contribution is 0.0954. The lowest BCUT2D eigenvalue weighted by atomic mass is 10.1. The molecule has 7 nitrogen and oxygen atoms in total. The van der Waals surface area contributed by atoms with Crippen LogP contribution in [0.2, 0.25) is 0 Å². The molecule has 1 aromatic carbocycles. The van der Waals surface area contributed by atoms with E-state index >= 15 is 0 Å². The third-order valence-electron chi connectivity index (χ3n) is 2.88. The van der Waals surface area contributed by atoms with Gasteiger partial charge in [0, 0.05) is 32.6 Å². The monoisotopic (exact) mass is 274 g/mol. The number of rotatable bonds is 5. The summed E-state index contributed by atoms with van der Waals surface area (Å²) in [6.07, 6.45) is 2.05. The van der Waals surface area contributed by atoms with Gasteiger partial charge < -0.3 is 16.0 Å². The summed E-state index contributed by atoms with van der Waals surface area (Å²) in [4.78, 5) is 17.9. The molecule has 1 heterocycles. The zero-order valence-corrected chi connectivity index (χ0v) is 11.6. The lowest BCUT2D eigenvalue weighted by Gasteiger charge is -2.15. The molecule has 0 aliphatic rings. The molecule has 20 heavy (non-hydrogen) atoms. The number of H-pyrrole nitrogens is 1. The van der Waals surface area contributed by atoms with Crippen LogP contribution < -0.4 is 16.0 Å². The highest BCUT2D eigenvalue weighted by Crippen LogP contribution is 2.22. The van der Waals surface area contributed by atoms with Crippen molar-refractivity contribution >= 4 is 17.3 Å². The van der Waals surface area contributed by atoms with E-state index < -0.39 is 0 Å². The highest BCUT2D eigenvalue weighted by Gasteiger charge is 2.09. The summed E-state index contributed by atoms with van der Waals surface area (Å²) >= 11 is 0. The number of amides is 1. The van der Waals surface area contributed by atoms with E-state index in [1.807, 2.05) is 25.1 Å². The van der Waals surface area contributed by atoms with E-state index in [1.54, 1.807) is 12.1 Å². The van der Waals surface area contributed by atoms with E-state index in [2.05, 4.69) is 20.5 Å². The van der Waals surface area contributed by atoms with Crippen molar-refractivity contribution in [3.05, 3.63) is 35.9 Å². The number of nitrogens with zero attached hydrogens (tertiary/aromatic N) is 3. The topological polar surface area (TPSA) is 99.9 Å². The Kier molecular flexibility index (Phi) is 4.19. The first kappa shape index (κ1) is 13.9. The molecule has 0 fully saturated rings. The van der Waals surface area contributed by atoms with Gasteiger partial charge in [-0.3, -0.25) is 9.89 Å². The van der Waals surface area contributed by atoms with Gasteiger partial charge in [-0.1, -0.05) is 0 Å². The Labute approximate surface area is 117 Å². The number of nitrogen functional groups attached to an aromatic ring is 1. The smallest absolute Gasteiger partial charge is 0.251 e. The average Bonchev–Trinajstić information content (AvgIpc) is 2.91. The number of aromatic amines is 1. The summed E-state index contributed by atoms with van der Waals surface area (Å²) < 4.78 is 0. The molecule has 0 unspecified atom stereocenters. The Hall–Kier alpha value is -2.57. The summed E-state index contributed by atoms with van der Waals surface area (Å²) in [6, 6.07) is 5.27. The van der Waals surface area contributed by atoms with Crippen LogP contribution in [-0.4, -0.2) is 41.7 Å². The molecule has 0 radical (unpaired) electrons. The third kappa shape index (κ3) is 3.25. The van der Waals surface area contributed by atoms with Crippen LogP contribution >= 0.6 is 0 Å². The van der Waals surface area contributed by atoms with E-state index in [4.69, 9.17) is 5.73 Å². The van der Waals surface area contributed by atoms with Gasteiger partial charge in [-0.15, -0.1) is 0 Å². The van der Waals surface area contributed by atoms with Gasteiger partial charge >= 0.3 is 0 Å². The molecule has 0 bridgehead atoms. The number of aromatic nitrogens is 3. The van der Waals surface area contributed by atoms with Gasteiger partial charge in [0.1, 0.15) is 12.2 Å². The van der Waals surface area contributed by atoms with Gasteiger partial charge in [-0.25, -0.2) is 4.98 Å². The normalized spacial score (nSPS) is 10.3. The highest BCUT2D eigenvalue weighted by atomic mass is 16.1. The molecule has 2 rings (SSSR count). The maximum atomic E-state index is 12.0. The van der Waals surface area contributed by atoms with Gasteiger partial charge in [0.25, 0.3) is 5.91 Å². The van der Waals surface area contributed by atoms with Gasteiger partial charge in [-0.05, 0) is 18.2 Å². The number of nitrogens with two attached hydrogens (primary N) is 1. The standard InChI is InChI=1S/C13H18N6O/c1-19(2)11-4-3-9(7-10(11)14)13(20)15-6-5-12-16-8-17-18-12/h3-4,7-8H,5-6,14H2,1-2H3,(H,15,20)(H,16,17,18). The molecule has 0 atom stereocenters. The molecule has 7 heteroatoms. The number of hydrogen-bond donors (Lipinski definition) is 3. The van der Waals surface area contributed by atoms with E-state index in [0.29, 0.717) is 24.2 Å². The van der Waals surface area contributed by atoms with Gasteiger partial charge in [0.05, 0.1) is 11.4 Å². The molecule has 0 spiro atoms. The number of hydrogen-bond acceptors (Lipinski definition) is 5. The van der Waals surface area contributed by atoms with Gasteiger partial charge in [-0.2, -0.15) is 5.10 Å². The Bertz CT molecular complexity index is 579. The van der Waals surface area contributed by atoms with Crippen molar-refractivity contribution in [3.8, 4) is 0 Å². The summed E-state index contributed by atoms with van der Waals surface area (Å²) in [5, 5.41) is 9.30. The Morgan fingerprint density at radius 2 is 2.25 bits per heavy atom. The maximum absolute atomic E-state index is 12.0. The minimum atomic E-state index is -0.151. The van der Waals surface area contributed by atoms with Crippen LogP contribution in [0, 0.1) is 0 Å². The molecular weight excluding hydrogens is 256 g/mol. The Morgan fingerprint density at radius 3 is 2.85 bits per heavy atom. The predicted octanol–water partition coefficient (Wildman–Crippen LogP) is 0.425. The lowest BCUT2D eigenvalue weighted by Crippen LogP contribution is -2.26. The van der Waals surface area contributed by atoms with Crippen molar-refractivity contribution in [1.82, 2.24) is 20.5 Å². The summed E-state index contributed by atoms with van der Waals surface area (Å²) in [7, 11) is 3.81. The van der Waals surface area contributed by atoms with Crippen LogP contribution in [-0.2, 0) is 6.42 Å². The fourth-order valence-electron chi connectivity index (χ4n) is 1.85. The van der Waals surface area contributed by atoms with Crippen LogP contribution in [0.1, 0.15) is 16.2 Å². The number of nitrogens with one attached hydrogen (secondary N) is 2.